The molecular weight excluding hydrogens is 1330 g/mol. The monoisotopic (exact) mass is 1390 g/mol. The van der Waals surface area contributed by atoms with Crippen LogP contribution in [0.15, 0.2) is 121 Å². The summed E-state index contributed by atoms with van der Waals surface area (Å²) in [5, 5.41) is 9.38. The summed E-state index contributed by atoms with van der Waals surface area (Å²) in [5.41, 5.74) is 2.89. The van der Waals surface area contributed by atoms with Gasteiger partial charge in [0.2, 0.25) is 0 Å². The van der Waals surface area contributed by atoms with Crippen molar-refractivity contribution in [2.75, 3.05) is 26.4 Å². The quantitative estimate of drug-likeness (QED) is 0.151. The van der Waals surface area contributed by atoms with E-state index < -0.39 is 37.0 Å². The van der Waals surface area contributed by atoms with Gasteiger partial charge in [-0.05, 0) is 31.2 Å². The van der Waals surface area contributed by atoms with E-state index in [9.17, 15) is 14.7 Å². The van der Waals surface area contributed by atoms with Crippen LogP contribution in [0.5, 0.6) is 0 Å². The molecule has 4 aromatic carbocycles. The molecular formula is C55H60I3O18-. The Hall–Kier alpha value is -2.55. The fraction of sp³-hybridized carbons (Fsp3) is 0.527. The number of carbonyl (C=O) groups is 2. The Morgan fingerprint density at radius 3 is 1.46 bits per heavy atom. The standard InChI is InChI=1S/C27H28O9.C22H24O5.C6H8O4.I3/c1-14-19-17(12-29-25(35-19)16-10-6-3-7-11-16)32-27(20(14)34-24(28)15-8-4-2-5-9-15)36-21-18-13-30-26(31-18)23-22(21)33-23;1-14-19(26-21(23)16-9-5-3-6-10-16)15(2)25-18-13-24-22(27-20(14)18)17-11-7-4-8-12-17;7-3-2-1-8-6(9-2)5-4(3)10-5;1-3-2/h2-11,14,17-23,25-27H,12-13H2,1H3;3-12,14-15,18-20,22H,13H2,1-2H3;2-7H,1H2;/q;;;-1/t14-,17?,18+,19-,20?,21+,22?,23+,25?,26?,27-;14-,15+,18?,19?,20+,22?;2-,3-,4?,5-,6?;/m011./s1. The van der Waals surface area contributed by atoms with Crippen molar-refractivity contribution >= 4 is 49.2 Å². The Labute approximate surface area is 470 Å². The average Bonchev–Trinajstić information content (AvgIpc) is 4.47. The molecule has 76 heavy (non-hydrogen) atoms. The van der Waals surface area contributed by atoms with Crippen molar-refractivity contribution in [1.29, 1.82) is 0 Å². The van der Waals surface area contributed by atoms with Crippen molar-refractivity contribution in [1.82, 2.24) is 0 Å². The van der Waals surface area contributed by atoms with Crippen molar-refractivity contribution in [3.63, 3.8) is 0 Å². The van der Waals surface area contributed by atoms with Gasteiger partial charge in [0, 0.05) is 23.0 Å². The van der Waals surface area contributed by atoms with Gasteiger partial charge in [-0.2, -0.15) is 0 Å². The van der Waals surface area contributed by atoms with E-state index in [1.807, 2.05) is 106 Å². The molecule has 1 N–H and O–H groups in total. The molecule has 4 aromatic rings. The van der Waals surface area contributed by atoms with Gasteiger partial charge in [-0.3, -0.25) is 0 Å². The second-order valence-corrected chi connectivity index (χ2v) is 36.2. The van der Waals surface area contributed by atoms with Crippen molar-refractivity contribution < 1.29 is 99.0 Å². The Bertz CT molecular complexity index is 2520. The van der Waals surface area contributed by atoms with Gasteiger partial charge in [-0.25, -0.2) is 9.59 Å². The maximum Gasteiger partial charge on any atom is 0.187 e. The third-order valence-corrected chi connectivity index (χ3v) is 15.1. The summed E-state index contributed by atoms with van der Waals surface area (Å²) >= 11 is 5.30. The molecule has 410 valence electrons. The summed E-state index contributed by atoms with van der Waals surface area (Å²) in [7, 11) is 0. The van der Waals surface area contributed by atoms with Gasteiger partial charge in [-0.1, -0.05) is 111 Å². The van der Waals surface area contributed by atoms with Crippen LogP contribution in [0.1, 0.15) is 65.2 Å². The van der Waals surface area contributed by atoms with Crippen LogP contribution in [-0.2, 0) is 71.1 Å². The van der Waals surface area contributed by atoms with Gasteiger partial charge in [0.15, 0.2) is 37.6 Å². The van der Waals surface area contributed by atoms with Crippen molar-refractivity contribution in [2.24, 2.45) is 11.8 Å². The van der Waals surface area contributed by atoms with Crippen molar-refractivity contribution in [2.45, 2.75) is 144 Å². The first-order chi connectivity index (χ1) is 37.1. The molecule has 10 saturated heterocycles. The van der Waals surface area contributed by atoms with Crippen LogP contribution in [0.3, 0.4) is 0 Å². The zero-order valence-electron chi connectivity index (χ0n) is 41.6. The first-order valence-electron chi connectivity index (χ1n) is 25.6. The number of epoxide rings is 2. The molecule has 0 spiro atoms. The molecule has 22 atom stereocenters. The summed E-state index contributed by atoms with van der Waals surface area (Å²) in [6.07, 6.45) is -6.29. The second-order valence-electron chi connectivity index (χ2n) is 20.0. The Morgan fingerprint density at radius 1 is 0.474 bits per heavy atom. The number of hydrogen-bond acceptors (Lipinski definition) is 18. The van der Waals surface area contributed by atoms with E-state index in [0.717, 1.165) is 11.1 Å². The zero-order chi connectivity index (χ0) is 52.5. The summed E-state index contributed by atoms with van der Waals surface area (Å²) in [6, 6.07) is 37.5. The van der Waals surface area contributed by atoms with E-state index >= 15 is 0 Å². The summed E-state index contributed by atoms with van der Waals surface area (Å²) < 4.78 is 88.1. The van der Waals surface area contributed by atoms with Crippen LogP contribution in [0.2, 0.25) is 0 Å². The van der Waals surface area contributed by atoms with Crippen LogP contribution in [0.4, 0.5) is 0 Å². The number of fused-ring (bicyclic) bond motifs is 10. The van der Waals surface area contributed by atoms with Crippen LogP contribution in [0.25, 0.3) is 0 Å². The van der Waals surface area contributed by atoms with Gasteiger partial charge < -0.3 is 76.2 Å². The first kappa shape index (κ1) is 55.4. The fourth-order valence-electron chi connectivity index (χ4n) is 11.1. The normalized spacial score (nSPS) is 40.7. The number of carbonyl (C=O) groups excluding carboxylic acids is 2. The van der Waals surface area contributed by atoms with E-state index in [-0.39, 0.29) is 110 Å². The molecule has 18 nitrogen and oxygen atoms in total. The minimum atomic E-state index is -0.843. The van der Waals surface area contributed by atoms with Crippen molar-refractivity contribution in [3.8, 4) is 0 Å². The number of benzene rings is 4. The molecule has 0 amide bonds. The van der Waals surface area contributed by atoms with Crippen LogP contribution in [0, 0.1) is 11.8 Å². The second kappa shape index (κ2) is 25.1. The van der Waals surface area contributed by atoms with Gasteiger partial charge in [0.05, 0.1) is 55.9 Å². The molecule has 14 rings (SSSR count). The summed E-state index contributed by atoms with van der Waals surface area (Å²) in [4.78, 5) is 25.6. The molecule has 10 aliphatic heterocycles. The molecule has 10 heterocycles. The molecule has 10 fully saturated rings. The molecule has 0 aromatic heterocycles. The first-order valence-corrected chi connectivity index (χ1v) is 38.2. The molecule has 10 aliphatic rings. The largest absolute Gasteiger partial charge is 0.387 e. The Kier molecular flexibility index (Phi) is 18.3. The number of halogens is 3. The fourth-order valence-corrected chi connectivity index (χ4v) is 11.1. The number of aliphatic hydroxyl groups is 1. The number of hydrogen-bond donors (Lipinski definition) is 1. The maximum atomic E-state index is 13.1. The summed E-state index contributed by atoms with van der Waals surface area (Å²) in [6.45, 7) is 7.70. The smallest absolute Gasteiger partial charge is 0.187 e. The van der Waals surface area contributed by atoms with Crippen LogP contribution < -0.4 is 13.3 Å². The number of aliphatic hydroxyl groups excluding tert-OH is 1. The maximum absolute atomic E-state index is 13.1. The SMILES string of the molecule is C[C@@H]1C(OC(=O)c2ccccc2)[C@H](O[C@H]2C3O[C@H]3C3OC[C@H]2O3)OC2COC(c3ccccc3)O[C@H]21.C[C@@H]1OC2COC(c3ccccc3)O[C@H]2[C@H](C)C1OC(=O)c1ccccc1.I[I-]I.O[C@H]1C2O[C@H]2C2OC[C@H]1O2. The summed E-state index contributed by atoms with van der Waals surface area (Å²) in [5.74, 6) is -1.03. The number of rotatable bonds is 8. The Morgan fingerprint density at radius 2 is 0.908 bits per heavy atom. The van der Waals surface area contributed by atoms with Crippen molar-refractivity contribution in [3.05, 3.63) is 144 Å². The molecule has 0 radical (unpaired) electrons. The molecule has 21 heteroatoms. The minimum absolute atomic E-state index is 0.00810. The van der Waals surface area contributed by atoms with E-state index in [0.29, 0.717) is 50.8 Å². The Balaban J connectivity index is 0.000000134. The van der Waals surface area contributed by atoms with Gasteiger partial charge in [-0.15, -0.1) is 0 Å². The van der Waals surface area contributed by atoms with E-state index in [1.165, 1.54) is 0 Å². The molecule has 0 aliphatic carbocycles. The van der Waals surface area contributed by atoms with Crippen LogP contribution in [-0.4, -0.2) is 154 Å². The zero-order valence-corrected chi connectivity index (χ0v) is 48.1. The molecule has 4 bridgehead atoms. The third kappa shape index (κ3) is 12.4. The van der Waals surface area contributed by atoms with E-state index in [4.69, 9.17) is 71.1 Å². The van der Waals surface area contributed by atoms with Gasteiger partial charge in [0.1, 0.15) is 67.1 Å². The number of ether oxygens (including phenoxy) is 15. The van der Waals surface area contributed by atoms with Gasteiger partial charge in [0.25, 0.3) is 0 Å². The third-order valence-electron chi connectivity index (χ3n) is 15.1. The average molecular weight is 1390 g/mol. The topological polar surface area (TPSA) is 199 Å². The van der Waals surface area contributed by atoms with Crippen LogP contribution >= 0.6 is 37.2 Å². The van der Waals surface area contributed by atoms with E-state index in [1.54, 1.807) is 36.4 Å². The molecule has 0 saturated carbocycles. The predicted molar refractivity (Wildman–Crippen MR) is 278 cm³/mol. The molecule has 10 unspecified atom stereocenters. The van der Waals surface area contributed by atoms with Gasteiger partial charge >= 0.3 is 62.4 Å². The van der Waals surface area contributed by atoms with E-state index in [2.05, 4.69) is 37.2 Å². The minimum Gasteiger partial charge on any atom is -0.387 e. The number of esters is 2. The predicted octanol–water partition coefficient (Wildman–Crippen LogP) is 3.99.